The molecule has 1 unspecified atom stereocenters. The summed E-state index contributed by atoms with van der Waals surface area (Å²) in [6.07, 6.45) is 4.99. The predicted octanol–water partition coefficient (Wildman–Crippen LogP) is 1.19. The summed E-state index contributed by atoms with van der Waals surface area (Å²) >= 11 is 0. The number of rotatable bonds is 4. The highest BCUT2D eigenvalue weighted by molar-refractivity contribution is 5.57. The van der Waals surface area contributed by atoms with Gasteiger partial charge >= 0.3 is 0 Å². The number of aryl methyl sites for hydroxylation is 1. The van der Waals surface area contributed by atoms with Gasteiger partial charge in [0.15, 0.2) is 0 Å². The summed E-state index contributed by atoms with van der Waals surface area (Å²) in [5.41, 5.74) is 0. The molecule has 0 N–H and O–H groups in total. The van der Waals surface area contributed by atoms with Crippen LogP contribution in [0, 0.1) is 0 Å². The lowest BCUT2D eigenvalue weighted by Crippen LogP contribution is -2.39. The SMILES string of the molecule is CCc1nnc(CN2CCCCC2C=O)o1. The molecule has 5 nitrogen and oxygen atoms in total. The van der Waals surface area contributed by atoms with E-state index < -0.39 is 0 Å². The van der Waals surface area contributed by atoms with Gasteiger partial charge in [0, 0.05) is 6.42 Å². The number of piperidine rings is 1. The molecule has 0 aliphatic carbocycles. The maximum Gasteiger partial charge on any atom is 0.230 e. The van der Waals surface area contributed by atoms with E-state index in [1.807, 2.05) is 6.92 Å². The third-order valence-corrected chi connectivity index (χ3v) is 2.97. The number of aldehydes is 1. The zero-order valence-corrected chi connectivity index (χ0v) is 9.56. The summed E-state index contributed by atoms with van der Waals surface area (Å²) in [6.45, 7) is 3.51. The Labute approximate surface area is 94.8 Å². The van der Waals surface area contributed by atoms with Crippen LogP contribution in [-0.4, -0.2) is 34.0 Å². The molecule has 1 saturated heterocycles. The van der Waals surface area contributed by atoms with Gasteiger partial charge in [-0.1, -0.05) is 13.3 Å². The van der Waals surface area contributed by atoms with Gasteiger partial charge in [-0.05, 0) is 19.4 Å². The van der Waals surface area contributed by atoms with Crippen LogP contribution in [0.3, 0.4) is 0 Å². The molecule has 1 aromatic heterocycles. The second-order valence-corrected chi connectivity index (χ2v) is 4.11. The Morgan fingerprint density at radius 3 is 2.94 bits per heavy atom. The molecule has 1 fully saturated rings. The number of hydrogen-bond donors (Lipinski definition) is 0. The summed E-state index contributed by atoms with van der Waals surface area (Å²) < 4.78 is 5.45. The summed E-state index contributed by atoms with van der Waals surface area (Å²) in [5, 5.41) is 7.89. The van der Waals surface area contributed by atoms with Crippen molar-refractivity contribution in [3.8, 4) is 0 Å². The minimum absolute atomic E-state index is 0.0192. The van der Waals surface area contributed by atoms with Crippen LogP contribution < -0.4 is 0 Å². The van der Waals surface area contributed by atoms with Crippen molar-refractivity contribution in [2.24, 2.45) is 0 Å². The van der Waals surface area contributed by atoms with Crippen molar-refractivity contribution in [1.29, 1.82) is 0 Å². The van der Waals surface area contributed by atoms with Gasteiger partial charge in [0.1, 0.15) is 6.29 Å². The van der Waals surface area contributed by atoms with Gasteiger partial charge in [0.05, 0.1) is 12.6 Å². The highest BCUT2D eigenvalue weighted by atomic mass is 16.4. The Balaban J connectivity index is 1.99. The van der Waals surface area contributed by atoms with Crippen LogP contribution in [0.25, 0.3) is 0 Å². The first-order valence-corrected chi connectivity index (χ1v) is 5.84. The molecule has 88 valence electrons. The molecule has 0 amide bonds. The Morgan fingerprint density at radius 2 is 2.25 bits per heavy atom. The van der Waals surface area contributed by atoms with Crippen LogP contribution in [0.1, 0.15) is 38.0 Å². The molecule has 1 aromatic rings. The van der Waals surface area contributed by atoms with Crippen molar-refractivity contribution < 1.29 is 9.21 Å². The van der Waals surface area contributed by atoms with Crippen molar-refractivity contribution >= 4 is 6.29 Å². The van der Waals surface area contributed by atoms with Crippen molar-refractivity contribution in [3.63, 3.8) is 0 Å². The zero-order valence-electron chi connectivity index (χ0n) is 9.56. The highest BCUT2D eigenvalue weighted by Crippen LogP contribution is 2.17. The molecule has 2 rings (SSSR count). The van der Waals surface area contributed by atoms with E-state index in [0.29, 0.717) is 18.3 Å². The minimum atomic E-state index is 0.0192. The van der Waals surface area contributed by atoms with Crippen LogP contribution in [0.5, 0.6) is 0 Å². The Bertz CT molecular complexity index is 351. The first kappa shape index (κ1) is 11.3. The summed E-state index contributed by atoms with van der Waals surface area (Å²) in [4.78, 5) is 13.0. The molecule has 16 heavy (non-hydrogen) atoms. The molecule has 0 radical (unpaired) electrons. The van der Waals surface area contributed by atoms with Gasteiger partial charge in [0.2, 0.25) is 11.8 Å². The van der Waals surface area contributed by atoms with E-state index in [2.05, 4.69) is 15.1 Å². The molecule has 0 saturated carbocycles. The number of hydrogen-bond acceptors (Lipinski definition) is 5. The summed E-state index contributed by atoms with van der Waals surface area (Å²) in [5.74, 6) is 1.28. The molecular weight excluding hydrogens is 206 g/mol. The van der Waals surface area contributed by atoms with Crippen LogP contribution in [0.4, 0.5) is 0 Å². The van der Waals surface area contributed by atoms with Gasteiger partial charge in [-0.15, -0.1) is 10.2 Å². The zero-order chi connectivity index (χ0) is 11.4. The number of carbonyl (C=O) groups is 1. The van der Waals surface area contributed by atoms with Crippen molar-refractivity contribution in [2.45, 2.75) is 45.2 Å². The quantitative estimate of drug-likeness (QED) is 0.717. The molecule has 0 bridgehead atoms. The van der Waals surface area contributed by atoms with Gasteiger partial charge in [-0.2, -0.15) is 0 Å². The number of aromatic nitrogens is 2. The second-order valence-electron chi connectivity index (χ2n) is 4.11. The fourth-order valence-corrected chi connectivity index (χ4v) is 2.04. The summed E-state index contributed by atoms with van der Waals surface area (Å²) in [7, 11) is 0. The molecule has 0 aromatic carbocycles. The number of likely N-dealkylation sites (tertiary alicyclic amines) is 1. The minimum Gasteiger partial charge on any atom is -0.424 e. The van der Waals surface area contributed by atoms with E-state index in [1.165, 1.54) is 0 Å². The third-order valence-electron chi connectivity index (χ3n) is 2.97. The van der Waals surface area contributed by atoms with Crippen molar-refractivity contribution in [1.82, 2.24) is 15.1 Å². The third kappa shape index (κ3) is 2.47. The van der Waals surface area contributed by atoms with E-state index in [4.69, 9.17) is 4.42 Å². The van der Waals surface area contributed by atoms with E-state index in [1.54, 1.807) is 0 Å². The lowest BCUT2D eigenvalue weighted by molar-refractivity contribution is -0.113. The highest BCUT2D eigenvalue weighted by Gasteiger charge is 2.23. The van der Waals surface area contributed by atoms with Gasteiger partial charge < -0.3 is 9.21 Å². The first-order valence-electron chi connectivity index (χ1n) is 5.84. The fraction of sp³-hybridized carbons (Fsp3) is 0.727. The monoisotopic (exact) mass is 223 g/mol. The molecule has 1 atom stereocenters. The Hall–Kier alpha value is -1.23. The topological polar surface area (TPSA) is 59.2 Å². The van der Waals surface area contributed by atoms with Gasteiger partial charge in [-0.25, -0.2) is 0 Å². The molecule has 5 heteroatoms. The van der Waals surface area contributed by atoms with Crippen LogP contribution >= 0.6 is 0 Å². The van der Waals surface area contributed by atoms with Crippen LogP contribution in [0.2, 0.25) is 0 Å². The first-order chi connectivity index (χ1) is 7.83. The van der Waals surface area contributed by atoms with E-state index in [-0.39, 0.29) is 6.04 Å². The fourth-order valence-electron chi connectivity index (χ4n) is 2.04. The largest absolute Gasteiger partial charge is 0.424 e. The Morgan fingerprint density at radius 1 is 1.44 bits per heavy atom. The lowest BCUT2D eigenvalue weighted by Gasteiger charge is -2.30. The Kier molecular flexibility index (Phi) is 3.66. The summed E-state index contributed by atoms with van der Waals surface area (Å²) in [6, 6.07) is 0.0192. The van der Waals surface area contributed by atoms with E-state index in [0.717, 1.165) is 38.5 Å². The average Bonchev–Trinajstić information content (AvgIpc) is 2.77. The standard InChI is InChI=1S/C11H17N3O2/c1-2-10-12-13-11(16-10)7-14-6-4-3-5-9(14)8-15/h8-9H,2-7H2,1H3. The van der Waals surface area contributed by atoms with E-state index >= 15 is 0 Å². The van der Waals surface area contributed by atoms with Crippen molar-refractivity contribution in [2.75, 3.05) is 6.54 Å². The maximum atomic E-state index is 10.9. The molecule has 1 aliphatic rings. The van der Waals surface area contributed by atoms with E-state index in [9.17, 15) is 4.79 Å². The number of carbonyl (C=O) groups excluding carboxylic acids is 1. The smallest absolute Gasteiger partial charge is 0.230 e. The number of nitrogens with zero attached hydrogens (tertiary/aromatic N) is 3. The molecular formula is C11H17N3O2. The molecule has 2 heterocycles. The lowest BCUT2D eigenvalue weighted by atomic mass is 10.0. The average molecular weight is 223 g/mol. The second kappa shape index (κ2) is 5.21. The maximum absolute atomic E-state index is 10.9. The molecule has 1 aliphatic heterocycles. The predicted molar refractivity (Wildman–Crippen MR) is 57.8 cm³/mol. The van der Waals surface area contributed by atoms with Crippen LogP contribution in [0.15, 0.2) is 4.42 Å². The normalized spacial score (nSPS) is 22.2. The van der Waals surface area contributed by atoms with Crippen LogP contribution in [-0.2, 0) is 17.8 Å². The van der Waals surface area contributed by atoms with Gasteiger partial charge in [0.25, 0.3) is 0 Å². The van der Waals surface area contributed by atoms with Gasteiger partial charge in [-0.3, -0.25) is 4.90 Å². The van der Waals surface area contributed by atoms with Crippen molar-refractivity contribution in [3.05, 3.63) is 11.8 Å². The molecule has 0 spiro atoms.